The van der Waals surface area contributed by atoms with Crippen molar-refractivity contribution in [2.75, 3.05) is 25.9 Å². The Bertz CT molecular complexity index is 875. The lowest BCUT2D eigenvalue weighted by Gasteiger charge is -2.30. The Morgan fingerprint density at radius 3 is 2.92 bits per heavy atom. The molecule has 0 spiro atoms. The Morgan fingerprint density at radius 2 is 2.20 bits per heavy atom. The highest BCUT2D eigenvalue weighted by molar-refractivity contribution is 7.88. The van der Waals surface area contributed by atoms with Crippen molar-refractivity contribution in [3.8, 4) is 0 Å². The number of sulfonamides is 1. The number of imidazole rings is 1. The van der Waals surface area contributed by atoms with Gasteiger partial charge in [-0.3, -0.25) is 4.79 Å². The summed E-state index contributed by atoms with van der Waals surface area (Å²) >= 11 is 0. The number of pyridine rings is 1. The van der Waals surface area contributed by atoms with E-state index in [1.807, 2.05) is 35.7 Å². The maximum Gasteiger partial charge on any atom is 0.272 e. The summed E-state index contributed by atoms with van der Waals surface area (Å²) in [6.07, 6.45) is 5.62. The van der Waals surface area contributed by atoms with Gasteiger partial charge < -0.3 is 9.72 Å². The summed E-state index contributed by atoms with van der Waals surface area (Å²) in [6, 6.07) is 5.64. The van der Waals surface area contributed by atoms with Crippen molar-refractivity contribution in [1.82, 2.24) is 19.0 Å². The molecule has 7 nitrogen and oxygen atoms in total. The first kappa shape index (κ1) is 17.9. The first-order valence-electron chi connectivity index (χ1n) is 8.62. The molecule has 3 heterocycles. The van der Waals surface area contributed by atoms with E-state index >= 15 is 0 Å². The van der Waals surface area contributed by atoms with E-state index in [9.17, 15) is 13.2 Å². The number of hydrogen-bond donors (Lipinski definition) is 1. The molecule has 25 heavy (non-hydrogen) atoms. The Morgan fingerprint density at radius 1 is 1.40 bits per heavy atom. The summed E-state index contributed by atoms with van der Waals surface area (Å²) in [4.78, 5) is 17.1. The van der Waals surface area contributed by atoms with Crippen molar-refractivity contribution in [3.05, 3.63) is 35.9 Å². The smallest absolute Gasteiger partial charge is 0.272 e. The average molecular weight is 364 g/mol. The number of fused-ring (bicyclic) bond motifs is 1. The van der Waals surface area contributed by atoms with Crippen LogP contribution in [0.2, 0.25) is 0 Å². The number of aromatic nitrogens is 2. The molecule has 1 aliphatic rings. The molecule has 2 aromatic rings. The normalized spacial score (nSPS) is 19.2. The quantitative estimate of drug-likeness (QED) is 0.874. The van der Waals surface area contributed by atoms with Gasteiger partial charge in [-0.25, -0.2) is 17.7 Å². The topological polar surface area (TPSA) is 83.8 Å². The Labute approximate surface area is 148 Å². The van der Waals surface area contributed by atoms with Crippen LogP contribution in [-0.4, -0.2) is 53.9 Å². The molecular weight excluding hydrogens is 340 g/mol. The second kappa shape index (κ2) is 7.13. The molecule has 1 amide bonds. The number of hydrogen-bond acceptors (Lipinski definition) is 4. The highest BCUT2D eigenvalue weighted by atomic mass is 32.2. The van der Waals surface area contributed by atoms with Crippen molar-refractivity contribution in [2.45, 2.75) is 32.1 Å². The maximum atomic E-state index is 12.4. The number of nitrogens with zero attached hydrogens (tertiary/aromatic N) is 3. The molecule has 1 fully saturated rings. The van der Waals surface area contributed by atoms with Gasteiger partial charge in [0.05, 0.1) is 11.8 Å². The van der Waals surface area contributed by atoms with Crippen molar-refractivity contribution < 1.29 is 13.2 Å². The van der Waals surface area contributed by atoms with Crippen LogP contribution in [0.15, 0.2) is 24.4 Å². The van der Waals surface area contributed by atoms with E-state index in [2.05, 4.69) is 10.3 Å². The number of rotatable bonds is 5. The lowest BCUT2D eigenvalue weighted by Crippen LogP contribution is -2.38. The zero-order valence-electron chi connectivity index (χ0n) is 14.6. The SMILES string of the molecule is CCCNC(=O)c1nc([C@H]2CCCN(S(C)(=O)=O)C2)n2ccccc12. The minimum atomic E-state index is -3.22. The minimum absolute atomic E-state index is 0.0221. The van der Waals surface area contributed by atoms with E-state index < -0.39 is 10.0 Å². The molecule has 1 N–H and O–H groups in total. The first-order chi connectivity index (χ1) is 11.9. The van der Waals surface area contributed by atoms with E-state index in [0.717, 1.165) is 30.6 Å². The van der Waals surface area contributed by atoms with E-state index in [1.165, 1.54) is 10.6 Å². The molecule has 0 saturated carbocycles. The number of piperidine rings is 1. The van der Waals surface area contributed by atoms with Gasteiger partial charge in [0.25, 0.3) is 5.91 Å². The van der Waals surface area contributed by atoms with E-state index in [1.54, 1.807) is 0 Å². The van der Waals surface area contributed by atoms with Crippen molar-refractivity contribution >= 4 is 21.4 Å². The number of nitrogens with one attached hydrogen (secondary N) is 1. The molecule has 0 aliphatic carbocycles. The molecule has 3 rings (SSSR count). The molecule has 0 unspecified atom stereocenters. The van der Waals surface area contributed by atoms with Gasteiger partial charge in [0.15, 0.2) is 5.69 Å². The average Bonchev–Trinajstić information content (AvgIpc) is 2.99. The van der Waals surface area contributed by atoms with Crippen LogP contribution < -0.4 is 5.32 Å². The fraction of sp³-hybridized carbons (Fsp3) is 0.529. The predicted octanol–water partition coefficient (Wildman–Crippen LogP) is 1.61. The lowest BCUT2D eigenvalue weighted by atomic mass is 9.99. The van der Waals surface area contributed by atoms with Crippen LogP contribution in [0.25, 0.3) is 5.52 Å². The Balaban J connectivity index is 1.98. The third-order valence-electron chi connectivity index (χ3n) is 4.54. The van der Waals surface area contributed by atoms with Gasteiger partial charge in [-0.2, -0.15) is 0 Å². The summed E-state index contributed by atoms with van der Waals surface area (Å²) in [5.41, 5.74) is 1.16. The fourth-order valence-corrected chi connectivity index (χ4v) is 4.20. The van der Waals surface area contributed by atoms with Gasteiger partial charge in [-0.1, -0.05) is 13.0 Å². The van der Waals surface area contributed by atoms with Crippen LogP contribution in [0.3, 0.4) is 0 Å². The van der Waals surface area contributed by atoms with Crippen molar-refractivity contribution in [2.24, 2.45) is 0 Å². The zero-order valence-corrected chi connectivity index (χ0v) is 15.4. The summed E-state index contributed by atoms with van der Waals surface area (Å²) < 4.78 is 27.2. The van der Waals surface area contributed by atoms with Gasteiger partial charge in [0.1, 0.15) is 5.82 Å². The highest BCUT2D eigenvalue weighted by Gasteiger charge is 2.30. The molecule has 0 aromatic carbocycles. The molecule has 0 bridgehead atoms. The van der Waals surface area contributed by atoms with Crippen molar-refractivity contribution in [1.29, 1.82) is 0 Å². The van der Waals surface area contributed by atoms with Crippen LogP contribution >= 0.6 is 0 Å². The van der Waals surface area contributed by atoms with Gasteiger partial charge >= 0.3 is 0 Å². The van der Waals surface area contributed by atoms with Crippen LogP contribution in [0.5, 0.6) is 0 Å². The molecule has 1 saturated heterocycles. The second-order valence-corrected chi connectivity index (χ2v) is 8.47. The van der Waals surface area contributed by atoms with Gasteiger partial charge in [-0.15, -0.1) is 0 Å². The van der Waals surface area contributed by atoms with Crippen molar-refractivity contribution in [3.63, 3.8) is 0 Å². The molecule has 136 valence electrons. The summed E-state index contributed by atoms with van der Waals surface area (Å²) in [7, 11) is -3.22. The number of carbonyl (C=O) groups is 1. The van der Waals surface area contributed by atoms with E-state index in [0.29, 0.717) is 25.3 Å². The molecule has 2 aromatic heterocycles. The van der Waals surface area contributed by atoms with Crippen LogP contribution in [0.4, 0.5) is 0 Å². The third-order valence-corrected chi connectivity index (χ3v) is 5.81. The first-order valence-corrected chi connectivity index (χ1v) is 10.5. The standard InChI is InChI=1S/C17H24N4O3S/c1-3-9-18-17(22)15-14-8-4-5-11-21(14)16(19-15)13-7-6-10-20(12-13)25(2,23)24/h4-5,8,11,13H,3,6-7,9-10,12H2,1-2H3,(H,18,22)/t13-/m0/s1. The molecule has 1 aliphatic heterocycles. The van der Waals surface area contributed by atoms with E-state index in [4.69, 9.17) is 0 Å². The summed E-state index contributed by atoms with van der Waals surface area (Å²) in [5.74, 6) is 0.546. The fourth-order valence-electron chi connectivity index (χ4n) is 3.29. The Hall–Kier alpha value is -1.93. The van der Waals surface area contributed by atoms with E-state index in [-0.39, 0.29) is 11.8 Å². The minimum Gasteiger partial charge on any atom is -0.351 e. The summed E-state index contributed by atoms with van der Waals surface area (Å²) in [6.45, 7) is 3.55. The van der Waals surface area contributed by atoms with Crippen LogP contribution in [0.1, 0.15) is 48.4 Å². The second-order valence-electron chi connectivity index (χ2n) is 6.49. The molecule has 8 heteroatoms. The predicted molar refractivity (Wildman–Crippen MR) is 96.2 cm³/mol. The van der Waals surface area contributed by atoms with Gasteiger partial charge in [0, 0.05) is 31.7 Å². The highest BCUT2D eigenvalue weighted by Crippen LogP contribution is 2.29. The Kier molecular flexibility index (Phi) is 5.10. The van der Waals surface area contributed by atoms with Crippen LogP contribution in [-0.2, 0) is 10.0 Å². The molecular formula is C17H24N4O3S. The zero-order chi connectivity index (χ0) is 18.0. The lowest BCUT2D eigenvalue weighted by molar-refractivity contribution is 0.0950. The number of amides is 1. The largest absolute Gasteiger partial charge is 0.351 e. The van der Waals surface area contributed by atoms with Gasteiger partial charge in [0.2, 0.25) is 10.0 Å². The maximum absolute atomic E-state index is 12.4. The number of carbonyl (C=O) groups excluding carboxylic acids is 1. The molecule has 1 atom stereocenters. The molecule has 0 radical (unpaired) electrons. The van der Waals surface area contributed by atoms with Gasteiger partial charge in [-0.05, 0) is 31.4 Å². The monoisotopic (exact) mass is 364 g/mol. The third kappa shape index (κ3) is 3.69. The van der Waals surface area contributed by atoms with Crippen LogP contribution in [0, 0.1) is 0 Å². The summed E-state index contributed by atoms with van der Waals surface area (Å²) in [5, 5.41) is 2.87.